The molecular weight excluding hydrogens is 234 g/mol. The number of nitrogens with one attached hydrogen (secondary N) is 1. The summed E-state index contributed by atoms with van der Waals surface area (Å²) in [6, 6.07) is 3.25. The smallest absolute Gasteiger partial charge is 0.386 e. The topological polar surface area (TPSA) is 88.3 Å². The number of aliphatic hydroxyl groups is 1. The van der Waals surface area contributed by atoms with E-state index in [2.05, 4.69) is 10.3 Å². The average Bonchev–Trinajstić information content (AvgIpc) is 2.38. The molecule has 1 aliphatic rings. The predicted octanol–water partition coefficient (Wildman–Crippen LogP) is 2.10. The number of nitro groups is 1. The number of hydrogen-bond donors (Lipinski definition) is 2. The first-order valence-electron chi connectivity index (χ1n) is 6.16. The minimum atomic E-state index is -0.748. The van der Waals surface area contributed by atoms with E-state index in [1.807, 2.05) is 0 Å². The van der Waals surface area contributed by atoms with Gasteiger partial charge < -0.3 is 20.5 Å². The Bertz CT molecular complexity index is 430. The number of anilines is 1. The third-order valence-corrected chi connectivity index (χ3v) is 3.35. The molecule has 1 aliphatic carbocycles. The van der Waals surface area contributed by atoms with Crippen molar-refractivity contribution in [2.45, 2.75) is 37.7 Å². The Balaban J connectivity index is 2.03. The fourth-order valence-electron chi connectivity index (χ4n) is 2.33. The molecule has 2 rings (SSSR count). The lowest BCUT2D eigenvalue weighted by atomic mass is 9.85. The third-order valence-electron chi connectivity index (χ3n) is 3.35. The monoisotopic (exact) mass is 251 g/mol. The Morgan fingerprint density at radius 3 is 2.83 bits per heavy atom. The first-order chi connectivity index (χ1) is 8.61. The molecule has 0 unspecified atom stereocenters. The highest BCUT2D eigenvalue weighted by molar-refractivity contribution is 5.56. The Morgan fingerprint density at radius 2 is 2.17 bits per heavy atom. The van der Waals surface area contributed by atoms with E-state index in [1.54, 1.807) is 12.1 Å². The Kier molecular flexibility index (Phi) is 3.76. The maximum Gasteiger partial charge on any atom is 0.386 e. The van der Waals surface area contributed by atoms with Crippen molar-refractivity contribution < 1.29 is 10.0 Å². The zero-order valence-electron chi connectivity index (χ0n) is 10.1. The van der Waals surface area contributed by atoms with Crippen molar-refractivity contribution in [3.63, 3.8) is 0 Å². The van der Waals surface area contributed by atoms with E-state index >= 15 is 0 Å². The number of rotatable bonds is 4. The molecule has 6 nitrogen and oxygen atoms in total. The minimum absolute atomic E-state index is 0.197. The molecule has 2 N–H and O–H groups in total. The largest absolute Gasteiger partial charge is 0.388 e. The maximum absolute atomic E-state index is 10.8. The van der Waals surface area contributed by atoms with Gasteiger partial charge in [0.15, 0.2) is 0 Å². The lowest BCUT2D eigenvalue weighted by molar-refractivity contribution is -0.388. The molecule has 0 saturated heterocycles. The summed E-state index contributed by atoms with van der Waals surface area (Å²) in [4.78, 5) is 14.0. The highest BCUT2D eigenvalue weighted by Crippen LogP contribution is 2.29. The molecule has 0 aliphatic heterocycles. The van der Waals surface area contributed by atoms with Crippen molar-refractivity contribution in [2.24, 2.45) is 0 Å². The van der Waals surface area contributed by atoms with Gasteiger partial charge in [0.1, 0.15) is 11.9 Å². The third kappa shape index (κ3) is 2.95. The maximum atomic E-state index is 10.8. The molecule has 1 aromatic rings. The van der Waals surface area contributed by atoms with Gasteiger partial charge in [0, 0.05) is 6.54 Å². The molecule has 1 saturated carbocycles. The summed E-state index contributed by atoms with van der Waals surface area (Å²) in [5.41, 5.74) is -0.386. The zero-order chi connectivity index (χ0) is 13.0. The van der Waals surface area contributed by atoms with E-state index < -0.39 is 10.5 Å². The fraction of sp³-hybridized carbons (Fsp3) is 0.583. The van der Waals surface area contributed by atoms with Gasteiger partial charge in [0.2, 0.25) is 0 Å². The van der Waals surface area contributed by atoms with Crippen LogP contribution in [-0.4, -0.2) is 27.2 Å². The number of hydrogen-bond acceptors (Lipinski definition) is 5. The SMILES string of the molecule is O=[N+]([O-])c1ncccc1NCC1(O)CCCCC1. The molecule has 1 heterocycles. The highest BCUT2D eigenvalue weighted by atomic mass is 16.6. The van der Waals surface area contributed by atoms with Crippen LogP contribution in [0.2, 0.25) is 0 Å². The summed E-state index contributed by atoms with van der Waals surface area (Å²) in [5.74, 6) is -0.197. The molecule has 0 bridgehead atoms. The number of aromatic nitrogens is 1. The molecule has 0 atom stereocenters. The van der Waals surface area contributed by atoms with Crippen molar-refractivity contribution in [3.05, 3.63) is 28.4 Å². The summed E-state index contributed by atoms with van der Waals surface area (Å²) in [5, 5.41) is 24.1. The van der Waals surface area contributed by atoms with Gasteiger partial charge in [-0.25, -0.2) is 0 Å². The lowest BCUT2D eigenvalue weighted by Crippen LogP contribution is -2.38. The van der Waals surface area contributed by atoms with Crippen molar-refractivity contribution in [3.8, 4) is 0 Å². The Morgan fingerprint density at radius 1 is 1.44 bits per heavy atom. The molecule has 98 valence electrons. The van der Waals surface area contributed by atoms with E-state index in [-0.39, 0.29) is 5.82 Å². The van der Waals surface area contributed by atoms with Crippen LogP contribution in [0.3, 0.4) is 0 Å². The van der Waals surface area contributed by atoms with Gasteiger partial charge in [0.05, 0.1) is 5.60 Å². The summed E-state index contributed by atoms with van der Waals surface area (Å²) < 4.78 is 0. The van der Waals surface area contributed by atoms with E-state index in [0.29, 0.717) is 12.2 Å². The number of pyridine rings is 1. The van der Waals surface area contributed by atoms with Gasteiger partial charge >= 0.3 is 5.82 Å². The average molecular weight is 251 g/mol. The molecule has 0 aromatic carbocycles. The van der Waals surface area contributed by atoms with Crippen LogP contribution in [0.5, 0.6) is 0 Å². The molecule has 0 radical (unpaired) electrons. The second kappa shape index (κ2) is 5.30. The zero-order valence-corrected chi connectivity index (χ0v) is 10.1. The van der Waals surface area contributed by atoms with E-state index in [9.17, 15) is 15.2 Å². The summed E-state index contributed by atoms with van der Waals surface area (Å²) in [6.07, 6.45) is 6.04. The quantitative estimate of drug-likeness (QED) is 0.632. The van der Waals surface area contributed by atoms with Gasteiger partial charge in [-0.15, -0.1) is 0 Å². The first kappa shape index (κ1) is 12.8. The van der Waals surface area contributed by atoms with Crippen LogP contribution in [0.15, 0.2) is 18.3 Å². The molecule has 1 fully saturated rings. The van der Waals surface area contributed by atoms with Gasteiger partial charge in [-0.05, 0) is 34.9 Å². The lowest BCUT2D eigenvalue weighted by Gasteiger charge is -2.32. The molecule has 18 heavy (non-hydrogen) atoms. The van der Waals surface area contributed by atoms with Crippen LogP contribution < -0.4 is 5.32 Å². The van der Waals surface area contributed by atoms with E-state index in [4.69, 9.17) is 0 Å². The van der Waals surface area contributed by atoms with Gasteiger partial charge in [0.25, 0.3) is 0 Å². The van der Waals surface area contributed by atoms with Crippen molar-refractivity contribution in [1.29, 1.82) is 0 Å². The molecular formula is C12H17N3O3. The van der Waals surface area contributed by atoms with Crippen molar-refractivity contribution >= 4 is 11.5 Å². The normalized spacial score (nSPS) is 18.3. The first-order valence-corrected chi connectivity index (χ1v) is 6.16. The van der Waals surface area contributed by atoms with E-state index in [0.717, 1.165) is 32.1 Å². The molecule has 6 heteroatoms. The summed E-state index contributed by atoms with van der Waals surface area (Å²) in [6.45, 7) is 0.333. The van der Waals surface area contributed by atoms with Crippen LogP contribution in [-0.2, 0) is 0 Å². The van der Waals surface area contributed by atoms with Crippen molar-refractivity contribution in [2.75, 3.05) is 11.9 Å². The van der Waals surface area contributed by atoms with E-state index in [1.165, 1.54) is 6.20 Å². The fourth-order valence-corrected chi connectivity index (χ4v) is 2.33. The standard InChI is InChI=1S/C12H17N3O3/c16-12(6-2-1-3-7-12)9-14-10-5-4-8-13-11(10)15(17)18/h4-5,8,14,16H,1-3,6-7,9H2. The van der Waals surface area contributed by atoms with Crippen LogP contribution in [0.4, 0.5) is 11.5 Å². The molecule has 0 spiro atoms. The number of nitrogens with zero attached hydrogens (tertiary/aromatic N) is 2. The minimum Gasteiger partial charge on any atom is -0.388 e. The molecule has 0 amide bonds. The molecule has 1 aromatic heterocycles. The highest BCUT2D eigenvalue weighted by Gasteiger charge is 2.29. The van der Waals surface area contributed by atoms with Crippen LogP contribution >= 0.6 is 0 Å². The van der Waals surface area contributed by atoms with Crippen molar-refractivity contribution in [1.82, 2.24) is 4.98 Å². The van der Waals surface area contributed by atoms with Gasteiger partial charge in [-0.2, -0.15) is 0 Å². The Hall–Kier alpha value is -1.69. The van der Waals surface area contributed by atoms with Gasteiger partial charge in [-0.3, -0.25) is 0 Å². The summed E-state index contributed by atoms with van der Waals surface area (Å²) in [7, 11) is 0. The van der Waals surface area contributed by atoms with Crippen LogP contribution in [0, 0.1) is 10.1 Å². The summed E-state index contributed by atoms with van der Waals surface area (Å²) >= 11 is 0. The predicted molar refractivity (Wildman–Crippen MR) is 67.4 cm³/mol. The van der Waals surface area contributed by atoms with Crippen LogP contribution in [0.1, 0.15) is 32.1 Å². The van der Waals surface area contributed by atoms with Crippen LogP contribution in [0.25, 0.3) is 0 Å². The van der Waals surface area contributed by atoms with Gasteiger partial charge in [-0.1, -0.05) is 19.3 Å². The Labute approximate surface area is 105 Å². The second-order valence-corrected chi connectivity index (χ2v) is 4.77. The second-order valence-electron chi connectivity index (χ2n) is 4.77.